The third kappa shape index (κ3) is 6.69. The molecular weight excluding hydrogens is 323 g/mol. The highest BCUT2D eigenvalue weighted by Gasteiger charge is 2.15. The summed E-state index contributed by atoms with van der Waals surface area (Å²) >= 11 is 0. The summed E-state index contributed by atoms with van der Waals surface area (Å²) in [5, 5.41) is 15.1. The number of rotatable bonds is 8. The Bertz CT molecular complexity index is 610. The average Bonchev–Trinajstić information content (AvgIpc) is 3.15. The normalized spacial score (nSPS) is 17.3. The summed E-state index contributed by atoms with van der Waals surface area (Å²) in [6.45, 7) is 4.05. The van der Waals surface area contributed by atoms with Crippen molar-refractivity contribution < 1.29 is 13.9 Å². The highest BCUT2D eigenvalue weighted by Crippen LogP contribution is 2.12. The van der Waals surface area contributed by atoms with Gasteiger partial charge in [-0.3, -0.25) is 4.99 Å². The Labute approximate surface area is 148 Å². The number of guanidine groups is 1. The lowest BCUT2D eigenvalue weighted by atomic mass is 10.1. The highest BCUT2D eigenvalue weighted by molar-refractivity contribution is 5.79. The van der Waals surface area contributed by atoms with Gasteiger partial charge in [0.15, 0.2) is 5.96 Å². The van der Waals surface area contributed by atoms with Crippen molar-refractivity contribution in [1.82, 2.24) is 10.6 Å². The molecule has 0 aliphatic carbocycles. The Morgan fingerprint density at radius 3 is 3.08 bits per heavy atom. The van der Waals surface area contributed by atoms with Gasteiger partial charge in [-0.1, -0.05) is 0 Å². The molecule has 1 heterocycles. The fourth-order valence-electron chi connectivity index (χ4n) is 2.53. The quantitative estimate of drug-likeness (QED) is 0.425. The second-order valence-electron chi connectivity index (χ2n) is 5.93. The summed E-state index contributed by atoms with van der Waals surface area (Å²) in [5.74, 6) is 0.777. The van der Waals surface area contributed by atoms with E-state index < -0.39 is 0 Å². The summed E-state index contributed by atoms with van der Waals surface area (Å²) in [6, 6.07) is 6.31. The molecule has 1 unspecified atom stereocenters. The number of aliphatic imine (C=N–C) groups is 1. The van der Waals surface area contributed by atoms with Crippen LogP contribution in [0.15, 0.2) is 23.2 Å². The van der Waals surface area contributed by atoms with Crippen molar-refractivity contribution in [2.75, 3.05) is 40.0 Å². The number of nitrogens with one attached hydrogen (secondary N) is 2. The summed E-state index contributed by atoms with van der Waals surface area (Å²) < 4.78 is 24.7. The van der Waals surface area contributed by atoms with Crippen molar-refractivity contribution in [3.05, 3.63) is 35.1 Å². The number of nitriles is 1. The summed E-state index contributed by atoms with van der Waals surface area (Å²) in [7, 11) is 1.66. The molecule has 25 heavy (non-hydrogen) atoms. The Morgan fingerprint density at radius 1 is 1.48 bits per heavy atom. The fourth-order valence-corrected chi connectivity index (χ4v) is 2.53. The van der Waals surface area contributed by atoms with Crippen LogP contribution >= 0.6 is 0 Å². The molecule has 2 rings (SSSR count). The minimum atomic E-state index is -0.341. The molecule has 1 saturated heterocycles. The molecule has 0 spiro atoms. The largest absolute Gasteiger partial charge is 0.381 e. The van der Waals surface area contributed by atoms with Crippen molar-refractivity contribution in [2.24, 2.45) is 10.9 Å². The third-order valence-corrected chi connectivity index (χ3v) is 3.98. The van der Waals surface area contributed by atoms with Crippen molar-refractivity contribution >= 4 is 5.96 Å². The van der Waals surface area contributed by atoms with Gasteiger partial charge < -0.3 is 20.1 Å². The van der Waals surface area contributed by atoms with Crippen LogP contribution in [0.2, 0.25) is 0 Å². The van der Waals surface area contributed by atoms with Crippen molar-refractivity contribution in [1.29, 1.82) is 5.26 Å². The van der Waals surface area contributed by atoms with E-state index in [1.807, 2.05) is 6.07 Å². The van der Waals surface area contributed by atoms with Crippen LogP contribution in [-0.4, -0.2) is 46.0 Å². The Morgan fingerprint density at radius 2 is 2.36 bits per heavy atom. The molecule has 136 valence electrons. The summed E-state index contributed by atoms with van der Waals surface area (Å²) in [4.78, 5) is 4.11. The number of halogens is 1. The second kappa shape index (κ2) is 10.6. The minimum Gasteiger partial charge on any atom is -0.381 e. The van der Waals surface area contributed by atoms with Crippen molar-refractivity contribution in [3.63, 3.8) is 0 Å². The first-order valence-corrected chi connectivity index (χ1v) is 8.51. The molecule has 0 saturated carbocycles. The van der Waals surface area contributed by atoms with Crippen LogP contribution in [0.4, 0.5) is 4.39 Å². The third-order valence-electron chi connectivity index (χ3n) is 3.98. The molecule has 0 radical (unpaired) electrons. The van der Waals surface area contributed by atoms with Gasteiger partial charge in [-0.2, -0.15) is 5.26 Å². The van der Waals surface area contributed by atoms with Crippen LogP contribution in [0.25, 0.3) is 0 Å². The van der Waals surface area contributed by atoms with Gasteiger partial charge in [-0.15, -0.1) is 0 Å². The first kappa shape index (κ1) is 19.2. The van der Waals surface area contributed by atoms with Gasteiger partial charge in [0, 0.05) is 44.8 Å². The zero-order valence-corrected chi connectivity index (χ0v) is 14.6. The molecule has 6 nitrogen and oxygen atoms in total. The molecule has 1 aromatic carbocycles. The number of nitrogens with zero attached hydrogens (tertiary/aromatic N) is 2. The van der Waals surface area contributed by atoms with E-state index in [4.69, 9.17) is 14.7 Å². The lowest BCUT2D eigenvalue weighted by Gasteiger charge is -2.13. The van der Waals surface area contributed by atoms with Gasteiger partial charge in [-0.05, 0) is 31.0 Å². The molecular formula is C18H25FN4O2. The molecule has 1 aliphatic rings. The molecule has 0 amide bonds. The smallest absolute Gasteiger partial charge is 0.191 e. The second-order valence-corrected chi connectivity index (χ2v) is 5.93. The molecule has 1 aromatic rings. The van der Waals surface area contributed by atoms with E-state index in [9.17, 15) is 4.39 Å². The van der Waals surface area contributed by atoms with Gasteiger partial charge in [0.1, 0.15) is 5.82 Å². The molecule has 7 heteroatoms. The topological polar surface area (TPSA) is 78.7 Å². The van der Waals surface area contributed by atoms with Crippen molar-refractivity contribution in [3.8, 4) is 6.07 Å². The number of hydrogen-bond donors (Lipinski definition) is 2. The molecule has 1 aliphatic heterocycles. The monoisotopic (exact) mass is 348 g/mol. The first-order valence-electron chi connectivity index (χ1n) is 8.51. The zero-order chi connectivity index (χ0) is 17.9. The van der Waals surface area contributed by atoms with Gasteiger partial charge >= 0.3 is 0 Å². The molecule has 1 atom stereocenters. The van der Waals surface area contributed by atoms with E-state index in [0.29, 0.717) is 36.2 Å². The van der Waals surface area contributed by atoms with Crippen LogP contribution < -0.4 is 10.6 Å². The van der Waals surface area contributed by atoms with E-state index in [2.05, 4.69) is 15.6 Å². The van der Waals surface area contributed by atoms with E-state index >= 15 is 0 Å². The van der Waals surface area contributed by atoms with Gasteiger partial charge in [0.05, 0.1) is 24.8 Å². The Hall–Kier alpha value is -2.17. The van der Waals surface area contributed by atoms with Gasteiger partial charge in [0.2, 0.25) is 0 Å². The van der Waals surface area contributed by atoms with E-state index in [1.165, 1.54) is 18.2 Å². The molecule has 0 bridgehead atoms. The van der Waals surface area contributed by atoms with E-state index in [0.717, 1.165) is 32.7 Å². The number of benzene rings is 1. The minimum absolute atomic E-state index is 0.263. The van der Waals surface area contributed by atoms with Crippen LogP contribution in [0.3, 0.4) is 0 Å². The van der Waals surface area contributed by atoms with E-state index in [-0.39, 0.29) is 12.4 Å². The standard InChI is InChI=1S/C18H25FN4O2/c1-21-18(22-6-2-7-24-12-15-5-8-25-13-15)23-11-16-9-14(10-20)3-4-17(16)19/h3-4,9,15H,2,5-8,11-13H2,1H3,(H2,21,22,23). The average molecular weight is 348 g/mol. The first-order chi connectivity index (χ1) is 12.2. The van der Waals surface area contributed by atoms with Gasteiger partial charge in [0.25, 0.3) is 0 Å². The SMILES string of the molecule is CN=C(NCCCOCC1CCOC1)NCc1cc(C#N)ccc1F. The van der Waals surface area contributed by atoms with E-state index in [1.54, 1.807) is 7.05 Å². The van der Waals surface area contributed by atoms with Crippen LogP contribution in [0, 0.1) is 23.1 Å². The lowest BCUT2D eigenvalue weighted by Crippen LogP contribution is -2.37. The van der Waals surface area contributed by atoms with Gasteiger partial charge in [-0.25, -0.2) is 4.39 Å². The summed E-state index contributed by atoms with van der Waals surface area (Å²) in [5.41, 5.74) is 0.870. The predicted octanol–water partition coefficient (Wildman–Crippen LogP) is 1.81. The maximum Gasteiger partial charge on any atom is 0.191 e. The van der Waals surface area contributed by atoms with Crippen molar-refractivity contribution in [2.45, 2.75) is 19.4 Å². The molecule has 0 aromatic heterocycles. The molecule has 1 fully saturated rings. The Balaban J connectivity index is 1.63. The number of ether oxygens (including phenoxy) is 2. The molecule has 2 N–H and O–H groups in total. The lowest BCUT2D eigenvalue weighted by molar-refractivity contribution is 0.0888. The van der Waals surface area contributed by atoms with Crippen LogP contribution in [0.1, 0.15) is 24.0 Å². The number of hydrogen-bond acceptors (Lipinski definition) is 4. The summed E-state index contributed by atoms with van der Waals surface area (Å²) in [6.07, 6.45) is 1.94. The zero-order valence-electron chi connectivity index (χ0n) is 14.6. The maximum atomic E-state index is 13.7. The highest BCUT2D eigenvalue weighted by atomic mass is 19.1. The predicted molar refractivity (Wildman–Crippen MR) is 93.7 cm³/mol. The maximum absolute atomic E-state index is 13.7. The van der Waals surface area contributed by atoms with Crippen LogP contribution in [-0.2, 0) is 16.0 Å². The fraction of sp³-hybridized carbons (Fsp3) is 0.556. The Kier molecular flexibility index (Phi) is 8.16. The van der Waals surface area contributed by atoms with Crippen LogP contribution in [0.5, 0.6) is 0 Å².